The van der Waals surface area contributed by atoms with E-state index >= 15 is 0 Å². The highest BCUT2D eigenvalue weighted by molar-refractivity contribution is 5.17. The zero-order valence-electron chi connectivity index (χ0n) is 13.7. The second kappa shape index (κ2) is 5.06. The van der Waals surface area contributed by atoms with E-state index in [1.54, 1.807) is 0 Å². The van der Waals surface area contributed by atoms with Crippen LogP contribution in [-0.4, -0.2) is 28.5 Å². The lowest BCUT2D eigenvalue weighted by Crippen LogP contribution is -2.63. The Morgan fingerprint density at radius 2 is 1.86 bits per heavy atom. The molecule has 9 unspecified atom stereocenters. The summed E-state index contributed by atoms with van der Waals surface area (Å²) in [6, 6.07) is 0.194. The van der Waals surface area contributed by atoms with Crippen LogP contribution in [0.1, 0.15) is 51.9 Å². The summed E-state index contributed by atoms with van der Waals surface area (Å²) in [5.74, 6) is 2.13. The molecule has 4 aliphatic carbocycles. The minimum absolute atomic E-state index is 0.161. The van der Waals surface area contributed by atoms with Gasteiger partial charge in [-0.25, -0.2) is 0 Å². The summed E-state index contributed by atoms with van der Waals surface area (Å²) in [6.45, 7) is 6.64. The summed E-state index contributed by atoms with van der Waals surface area (Å²) in [6.07, 6.45) is 6.61. The maximum absolute atomic E-state index is 10.9. The molecule has 4 N–H and O–H groups in total. The molecule has 0 aromatic heterocycles. The van der Waals surface area contributed by atoms with Gasteiger partial charge in [-0.1, -0.05) is 19.1 Å². The zero-order valence-corrected chi connectivity index (χ0v) is 13.7. The molecule has 4 aliphatic rings. The minimum atomic E-state index is -0.592. The molecule has 3 nitrogen and oxygen atoms in total. The molecule has 0 aromatic rings. The molecule has 124 valence electrons. The summed E-state index contributed by atoms with van der Waals surface area (Å²) in [4.78, 5) is 0. The van der Waals surface area contributed by atoms with Crippen LogP contribution < -0.4 is 5.73 Å². The fourth-order valence-electron chi connectivity index (χ4n) is 6.88. The van der Waals surface area contributed by atoms with E-state index in [1.165, 1.54) is 18.4 Å². The highest BCUT2D eigenvalue weighted by Crippen LogP contribution is 2.63. The monoisotopic (exact) mass is 305 g/mol. The minimum Gasteiger partial charge on any atom is -0.390 e. The van der Waals surface area contributed by atoms with Gasteiger partial charge in [0.2, 0.25) is 0 Å². The Morgan fingerprint density at radius 1 is 1.09 bits per heavy atom. The van der Waals surface area contributed by atoms with Gasteiger partial charge in [-0.05, 0) is 80.0 Å². The lowest BCUT2D eigenvalue weighted by molar-refractivity contribution is -0.203. The first-order chi connectivity index (χ1) is 10.4. The van der Waals surface area contributed by atoms with Crippen LogP contribution in [0.15, 0.2) is 12.2 Å². The first kappa shape index (κ1) is 15.2. The molecular formula is C19H31NO2. The van der Waals surface area contributed by atoms with E-state index in [1.807, 2.05) is 0 Å². The summed E-state index contributed by atoms with van der Waals surface area (Å²) in [5, 5.41) is 21.8. The Labute approximate surface area is 134 Å². The average molecular weight is 305 g/mol. The second-order valence-corrected chi connectivity index (χ2v) is 8.86. The molecule has 3 heteroatoms. The molecule has 22 heavy (non-hydrogen) atoms. The van der Waals surface area contributed by atoms with Crippen molar-refractivity contribution in [1.29, 1.82) is 0 Å². The first-order valence-electron chi connectivity index (χ1n) is 9.23. The predicted molar refractivity (Wildman–Crippen MR) is 87.0 cm³/mol. The molecule has 0 bridgehead atoms. The molecule has 0 aliphatic heterocycles. The van der Waals surface area contributed by atoms with Crippen LogP contribution in [0.4, 0.5) is 0 Å². The quantitative estimate of drug-likeness (QED) is 0.602. The van der Waals surface area contributed by atoms with Gasteiger partial charge >= 0.3 is 0 Å². The molecule has 0 saturated heterocycles. The van der Waals surface area contributed by atoms with Crippen molar-refractivity contribution in [2.75, 3.05) is 0 Å². The van der Waals surface area contributed by atoms with Crippen molar-refractivity contribution >= 4 is 0 Å². The van der Waals surface area contributed by atoms with Crippen LogP contribution in [0.25, 0.3) is 0 Å². The van der Waals surface area contributed by atoms with Gasteiger partial charge in [0, 0.05) is 6.04 Å². The number of allylic oxidation sites excluding steroid dienone is 1. The van der Waals surface area contributed by atoms with Gasteiger partial charge in [0.1, 0.15) is 0 Å². The van der Waals surface area contributed by atoms with E-state index in [0.29, 0.717) is 17.8 Å². The smallest absolute Gasteiger partial charge is 0.0836 e. The van der Waals surface area contributed by atoms with Crippen molar-refractivity contribution in [1.82, 2.24) is 0 Å². The Kier molecular flexibility index (Phi) is 3.49. The van der Waals surface area contributed by atoms with Crippen molar-refractivity contribution in [3.63, 3.8) is 0 Å². The molecule has 0 aromatic carbocycles. The molecule has 9 atom stereocenters. The molecule has 4 saturated carbocycles. The van der Waals surface area contributed by atoms with Crippen LogP contribution in [0.3, 0.4) is 0 Å². The van der Waals surface area contributed by atoms with Gasteiger partial charge in [-0.3, -0.25) is 0 Å². The normalized spacial score (nSPS) is 57.9. The number of aliphatic hydroxyl groups is 2. The van der Waals surface area contributed by atoms with Crippen molar-refractivity contribution in [2.45, 2.75) is 70.1 Å². The number of nitrogens with two attached hydrogens (primary N) is 1. The lowest BCUT2D eigenvalue weighted by Gasteiger charge is -2.61. The van der Waals surface area contributed by atoms with E-state index in [-0.39, 0.29) is 23.3 Å². The topological polar surface area (TPSA) is 66.5 Å². The molecule has 0 amide bonds. The Balaban J connectivity index is 1.70. The van der Waals surface area contributed by atoms with E-state index in [2.05, 4.69) is 13.5 Å². The van der Waals surface area contributed by atoms with Gasteiger partial charge in [-0.15, -0.1) is 0 Å². The highest BCUT2D eigenvalue weighted by atomic mass is 16.3. The largest absolute Gasteiger partial charge is 0.390 e. The molecule has 0 spiro atoms. The number of fused-ring (bicyclic) bond motifs is 5. The number of hydrogen-bond acceptors (Lipinski definition) is 3. The van der Waals surface area contributed by atoms with E-state index in [0.717, 1.165) is 32.1 Å². The van der Waals surface area contributed by atoms with Gasteiger partial charge < -0.3 is 15.9 Å². The van der Waals surface area contributed by atoms with Crippen LogP contribution in [-0.2, 0) is 0 Å². The van der Waals surface area contributed by atoms with E-state index in [4.69, 9.17) is 5.73 Å². The lowest BCUT2D eigenvalue weighted by atomic mass is 9.45. The first-order valence-corrected chi connectivity index (χ1v) is 9.23. The van der Waals surface area contributed by atoms with Gasteiger partial charge in [0.25, 0.3) is 0 Å². The van der Waals surface area contributed by atoms with Crippen LogP contribution in [0, 0.1) is 35.0 Å². The second-order valence-electron chi connectivity index (χ2n) is 8.86. The van der Waals surface area contributed by atoms with Crippen LogP contribution >= 0.6 is 0 Å². The standard InChI is InChI=1S/C19H31NO2/c1-10-3-4-13-12(10)5-6-14-16(13)18(22)17(21)15-9-11(20)7-8-19(14,15)2/h11-18,21-22H,1,3-9,20H2,2H3. The van der Waals surface area contributed by atoms with E-state index in [9.17, 15) is 10.2 Å². The molecule has 4 rings (SSSR count). The Hall–Kier alpha value is -0.380. The van der Waals surface area contributed by atoms with Crippen LogP contribution in [0.2, 0.25) is 0 Å². The van der Waals surface area contributed by atoms with Crippen molar-refractivity contribution in [2.24, 2.45) is 40.7 Å². The summed E-state index contributed by atoms with van der Waals surface area (Å²) in [5.41, 5.74) is 7.73. The maximum atomic E-state index is 10.9. The molecule has 0 radical (unpaired) electrons. The maximum Gasteiger partial charge on any atom is 0.0836 e. The average Bonchev–Trinajstić information content (AvgIpc) is 2.88. The van der Waals surface area contributed by atoms with Crippen molar-refractivity contribution < 1.29 is 10.2 Å². The Morgan fingerprint density at radius 3 is 2.64 bits per heavy atom. The van der Waals surface area contributed by atoms with Gasteiger partial charge in [0.05, 0.1) is 12.2 Å². The summed E-state index contributed by atoms with van der Waals surface area (Å²) < 4.78 is 0. The zero-order chi connectivity index (χ0) is 15.6. The third-order valence-corrected chi connectivity index (χ3v) is 8.05. The fraction of sp³-hybridized carbons (Fsp3) is 0.895. The Bertz CT molecular complexity index is 478. The predicted octanol–water partition coefficient (Wildman–Crippen LogP) is 2.46. The number of rotatable bonds is 0. The summed E-state index contributed by atoms with van der Waals surface area (Å²) in [7, 11) is 0. The van der Waals surface area contributed by atoms with Crippen molar-refractivity contribution in [3.05, 3.63) is 12.2 Å². The van der Waals surface area contributed by atoms with Gasteiger partial charge in [0.15, 0.2) is 0 Å². The molecular weight excluding hydrogens is 274 g/mol. The van der Waals surface area contributed by atoms with Gasteiger partial charge in [-0.2, -0.15) is 0 Å². The molecule has 4 fully saturated rings. The fourth-order valence-corrected chi connectivity index (χ4v) is 6.88. The SMILES string of the molecule is C=C1CCC2C1CCC1C2C(O)C(O)C2CC(N)CCC21C. The number of aliphatic hydroxyl groups excluding tert-OH is 2. The van der Waals surface area contributed by atoms with Crippen molar-refractivity contribution in [3.8, 4) is 0 Å². The summed E-state index contributed by atoms with van der Waals surface area (Å²) >= 11 is 0. The third kappa shape index (κ3) is 1.91. The third-order valence-electron chi connectivity index (χ3n) is 8.05. The van der Waals surface area contributed by atoms with Crippen LogP contribution in [0.5, 0.6) is 0 Å². The number of hydrogen-bond donors (Lipinski definition) is 3. The molecule has 0 heterocycles. The van der Waals surface area contributed by atoms with E-state index < -0.39 is 12.2 Å². The highest BCUT2D eigenvalue weighted by Gasteiger charge is 2.61.